The van der Waals surface area contributed by atoms with Gasteiger partial charge in [-0.1, -0.05) is 118 Å². The summed E-state index contributed by atoms with van der Waals surface area (Å²) in [5.41, 5.74) is 16.4. The topological polar surface area (TPSA) is 32.2 Å². The molecular weight excluding hydrogens is 699 g/mol. The Hall–Kier alpha value is -5.78. The normalized spacial score (nSPS) is 15.8. The van der Waals surface area contributed by atoms with Gasteiger partial charge in [0.15, 0.2) is 7.28 Å². The number of aromatic amines is 1. The van der Waals surface area contributed by atoms with Gasteiger partial charge < -0.3 is 14.3 Å². The van der Waals surface area contributed by atoms with Gasteiger partial charge in [0.05, 0.1) is 10.9 Å². The molecule has 0 saturated carbocycles. The second-order valence-electron chi connectivity index (χ2n) is 17.7. The van der Waals surface area contributed by atoms with Crippen LogP contribution in [-0.2, 0) is 10.8 Å². The summed E-state index contributed by atoms with van der Waals surface area (Å²) in [7, 11) is 0.837. The van der Waals surface area contributed by atoms with Crippen molar-refractivity contribution >= 4 is 111 Å². The van der Waals surface area contributed by atoms with Gasteiger partial charge in [0.2, 0.25) is 5.71 Å². The third-order valence-electron chi connectivity index (χ3n) is 13.4. The first kappa shape index (κ1) is 32.5. The lowest BCUT2D eigenvalue weighted by molar-refractivity contribution is 0.332. The van der Waals surface area contributed by atoms with Crippen molar-refractivity contribution in [2.75, 3.05) is 4.90 Å². The minimum Gasteiger partial charge on any atom is -0.440 e. The minimum absolute atomic E-state index is 0.0845. The molecule has 0 spiro atoms. The molecule has 12 rings (SSSR count). The third kappa shape index (κ3) is 4.41. The number of rotatable bonds is 2. The Labute approximate surface area is 330 Å². The Kier molecular flexibility index (Phi) is 6.48. The number of hydrogen-bond donors (Lipinski definition) is 1. The van der Waals surface area contributed by atoms with Crippen molar-refractivity contribution in [2.45, 2.75) is 58.3 Å². The molecule has 1 N–H and O–H groups in total. The Morgan fingerprint density at radius 3 is 2.20 bits per heavy atom. The van der Waals surface area contributed by atoms with Crippen LogP contribution in [0.5, 0.6) is 0 Å². The molecule has 4 heterocycles. The van der Waals surface area contributed by atoms with Gasteiger partial charge in [-0.15, -0.1) is 11.3 Å². The van der Waals surface area contributed by atoms with Crippen molar-refractivity contribution in [1.29, 1.82) is 0 Å². The Balaban J connectivity index is 1.20. The summed E-state index contributed by atoms with van der Waals surface area (Å²) in [6.45, 7) is 12.1. The van der Waals surface area contributed by atoms with Crippen molar-refractivity contribution in [3.63, 3.8) is 0 Å². The van der Waals surface area contributed by atoms with Crippen LogP contribution in [0.25, 0.3) is 75.0 Å². The lowest BCUT2D eigenvalue weighted by atomic mass is 9.57. The Bertz CT molecular complexity index is 3320. The minimum atomic E-state index is 0.0845. The molecule has 0 atom stereocenters. The molecule has 1 aliphatic heterocycles. The molecule has 56 heavy (non-hydrogen) atoms. The number of H-pyrrole nitrogens is 1. The number of thiophene rings is 1. The first-order valence-corrected chi connectivity index (χ1v) is 20.8. The summed E-state index contributed by atoms with van der Waals surface area (Å²) >= 11 is 1.91. The monoisotopic (exact) mass is 740 g/mol. The molecule has 5 heteroatoms. The Morgan fingerprint density at radius 1 is 0.643 bits per heavy atom. The van der Waals surface area contributed by atoms with Gasteiger partial charge >= 0.3 is 0 Å². The van der Waals surface area contributed by atoms with Crippen LogP contribution < -0.4 is 15.8 Å². The number of anilines is 3. The highest BCUT2D eigenvalue weighted by Gasteiger charge is 2.39. The third-order valence-corrected chi connectivity index (χ3v) is 14.5. The van der Waals surface area contributed by atoms with Crippen LogP contribution in [0.1, 0.15) is 57.2 Å². The van der Waals surface area contributed by atoms with Gasteiger partial charge in [-0.05, 0) is 105 Å². The number of nitrogens with zero attached hydrogens (tertiary/aromatic N) is 1. The van der Waals surface area contributed by atoms with Crippen molar-refractivity contribution in [3.8, 4) is 11.1 Å². The van der Waals surface area contributed by atoms with E-state index in [4.69, 9.17) is 4.42 Å². The summed E-state index contributed by atoms with van der Waals surface area (Å²) in [6, 6.07) is 45.6. The summed E-state index contributed by atoms with van der Waals surface area (Å²) < 4.78 is 9.13. The molecule has 1 aliphatic carbocycles. The van der Waals surface area contributed by atoms with Crippen molar-refractivity contribution in [1.82, 2.24) is 4.98 Å². The zero-order chi connectivity index (χ0) is 37.7. The van der Waals surface area contributed by atoms with Gasteiger partial charge in [0.25, 0.3) is 0 Å². The fraction of sp³-hybridized carbons (Fsp3) is 0.176. The quantitative estimate of drug-likeness (QED) is 0.179. The predicted molar refractivity (Wildman–Crippen MR) is 243 cm³/mol. The molecular formula is C51H41BN2OS. The van der Waals surface area contributed by atoms with Gasteiger partial charge in [-0.3, -0.25) is 0 Å². The number of fused-ring (bicyclic) bond motifs is 12. The van der Waals surface area contributed by atoms with Gasteiger partial charge in [-0.25, -0.2) is 0 Å². The average molecular weight is 741 g/mol. The first-order chi connectivity index (χ1) is 27.1. The number of para-hydroxylation sites is 2. The van der Waals surface area contributed by atoms with Gasteiger partial charge in [0.1, 0.15) is 5.58 Å². The maximum absolute atomic E-state index is 6.44. The van der Waals surface area contributed by atoms with Crippen LogP contribution in [0.4, 0.5) is 17.1 Å². The molecule has 7 aromatic carbocycles. The van der Waals surface area contributed by atoms with E-state index >= 15 is 0 Å². The van der Waals surface area contributed by atoms with Crippen molar-refractivity contribution in [3.05, 3.63) is 138 Å². The predicted octanol–water partition coefficient (Wildman–Crippen LogP) is 13.1. The zero-order valence-electron chi connectivity index (χ0n) is 32.4. The van der Waals surface area contributed by atoms with E-state index in [-0.39, 0.29) is 10.8 Å². The molecule has 0 bridgehead atoms. The van der Waals surface area contributed by atoms with Crippen molar-refractivity contribution in [2.24, 2.45) is 0 Å². The first-order valence-electron chi connectivity index (χ1n) is 20.0. The highest BCUT2D eigenvalue weighted by atomic mass is 32.1. The van der Waals surface area contributed by atoms with Crippen LogP contribution in [0.2, 0.25) is 0 Å². The molecule has 0 fully saturated rings. The van der Waals surface area contributed by atoms with Crippen LogP contribution >= 0.6 is 11.3 Å². The second kappa shape index (κ2) is 11.2. The molecule has 0 unspecified atom stereocenters. The standard InChI is InChI=1S/C51H41BN2OS/c1-28-23-36-37(51(4,5)22-21-50(36,2)3)26-39(28)54-40-25-35-31-15-9-11-20-43(31)56-44(35)27-38(40)52-47-41(54)24-29-13-6-7-14-30(29)45(47)33-17-12-18-34-46-32-16-8-10-19-42(32)55-49(46)53-48(33)34/h6-20,23-27,52-53H,21-22H2,1-5H3. The zero-order valence-corrected chi connectivity index (χ0v) is 33.2. The highest BCUT2D eigenvalue weighted by Crippen LogP contribution is 2.51. The van der Waals surface area contributed by atoms with E-state index in [0.717, 1.165) is 34.9 Å². The smallest absolute Gasteiger partial charge is 0.206 e. The summed E-state index contributed by atoms with van der Waals surface area (Å²) in [5.74, 6) is 0. The van der Waals surface area contributed by atoms with Crippen LogP contribution in [-0.4, -0.2) is 12.3 Å². The number of aryl methyl sites for hydroxylation is 1. The van der Waals surface area contributed by atoms with Gasteiger partial charge in [-0.2, -0.15) is 0 Å². The molecule has 10 aromatic rings. The average Bonchev–Trinajstić information content (AvgIpc) is 3.87. The summed E-state index contributed by atoms with van der Waals surface area (Å²) in [6.07, 6.45) is 2.38. The molecule has 0 radical (unpaired) electrons. The molecule has 3 nitrogen and oxygen atoms in total. The van der Waals surface area contributed by atoms with Crippen LogP contribution in [0.3, 0.4) is 0 Å². The molecule has 3 aromatic heterocycles. The number of nitrogens with one attached hydrogen (secondary N) is 1. The number of hydrogen-bond acceptors (Lipinski definition) is 3. The summed E-state index contributed by atoms with van der Waals surface area (Å²) in [5, 5.41) is 8.67. The van der Waals surface area contributed by atoms with E-state index in [1.165, 1.54) is 105 Å². The van der Waals surface area contributed by atoms with E-state index in [1.807, 2.05) is 17.4 Å². The molecule has 2 aliphatic rings. The Morgan fingerprint density at radius 2 is 1.36 bits per heavy atom. The fourth-order valence-corrected chi connectivity index (χ4v) is 11.5. The second-order valence-corrected chi connectivity index (χ2v) is 18.7. The lowest BCUT2D eigenvalue weighted by Crippen LogP contribution is -2.41. The summed E-state index contributed by atoms with van der Waals surface area (Å²) in [4.78, 5) is 6.42. The lowest BCUT2D eigenvalue weighted by Gasteiger charge is -2.44. The van der Waals surface area contributed by atoms with E-state index in [9.17, 15) is 0 Å². The molecule has 270 valence electrons. The highest BCUT2D eigenvalue weighted by molar-refractivity contribution is 7.26. The van der Waals surface area contributed by atoms with E-state index in [1.54, 1.807) is 0 Å². The van der Waals surface area contributed by atoms with E-state index < -0.39 is 0 Å². The largest absolute Gasteiger partial charge is 0.440 e. The number of aromatic nitrogens is 1. The van der Waals surface area contributed by atoms with Gasteiger partial charge in [0, 0.05) is 53.6 Å². The van der Waals surface area contributed by atoms with Crippen molar-refractivity contribution < 1.29 is 4.42 Å². The van der Waals surface area contributed by atoms with E-state index in [0.29, 0.717) is 0 Å². The number of furan rings is 1. The maximum atomic E-state index is 6.44. The molecule has 0 amide bonds. The van der Waals surface area contributed by atoms with Crippen LogP contribution in [0, 0.1) is 6.92 Å². The maximum Gasteiger partial charge on any atom is 0.206 e. The SMILES string of the molecule is Cc1cc2c(cc1N1c3cc4c(cc3Bc3c1cc1ccccc1c3-c1cccc3c1[nH]c1oc5ccccc5c13)sc1ccccc14)C(C)(C)CCC2(C)C. The fourth-order valence-electron chi connectivity index (χ4n) is 10.4. The molecule has 0 saturated heterocycles. The van der Waals surface area contributed by atoms with Crippen LogP contribution in [0.15, 0.2) is 126 Å². The van der Waals surface area contributed by atoms with E-state index in [2.05, 4.69) is 160 Å². The number of benzene rings is 7.